The van der Waals surface area contributed by atoms with Gasteiger partial charge in [0.1, 0.15) is 5.41 Å². The normalized spacial score (nSPS) is 18.1. The molecule has 0 aliphatic carbocycles. The van der Waals surface area contributed by atoms with Crippen molar-refractivity contribution in [1.29, 1.82) is 0 Å². The maximum Gasteiger partial charge on any atom is 0.331 e. The minimum absolute atomic E-state index is 0.124. The third kappa shape index (κ3) is 2.32. The molecule has 1 aliphatic heterocycles. The van der Waals surface area contributed by atoms with Gasteiger partial charge in [0.05, 0.1) is 12.2 Å². The Balaban J connectivity index is 2.34. The van der Waals surface area contributed by atoms with Gasteiger partial charge in [-0.1, -0.05) is 13.8 Å². The van der Waals surface area contributed by atoms with Crippen LogP contribution in [-0.4, -0.2) is 32.5 Å². The third-order valence-corrected chi connectivity index (χ3v) is 4.21. The number of nitrogens with zero attached hydrogens (tertiary/aromatic N) is 3. The SMILES string of the molecule is CCC1(CC)C(=O)NC(=O)N(Cc2cn(C)nc2C)C1=O. The van der Waals surface area contributed by atoms with Crippen LogP contribution in [0.4, 0.5) is 4.79 Å². The van der Waals surface area contributed by atoms with E-state index in [1.807, 2.05) is 6.92 Å². The van der Waals surface area contributed by atoms with Crippen molar-refractivity contribution in [2.75, 3.05) is 0 Å². The van der Waals surface area contributed by atoms with Gasteiger partial charge in [-0.05, 0) is 19.8 Å². The zero-order valence-electron chi connectivity index (χ0n) is 12.8. The summed E-state index contributed by atoms with van der Waals surface area (Å²) in [6, 6.07) is -0.661. The molecule has 0 bridgehead atoms. The van der Waals surface area contributed by atoms with Crippen LogP contribution in [0.3, 0.4) is 0 Å². The minimum Gasteiger partial charge on any atom is -0.277 e. The summed E-state index contributed by atoms with van der Waals surface area (Å²) in [5.41, 5.74) is 0.398. The molecule has 0 atom stereocenters. The minimum atomic E-state index is -1.15. The number of hydrogen-bond acceptors (Lipinski definition) is 4. The maximum absolute atomic E-state index is 12.7. The molecular formula is C14H20N4O3. The molecule has 7 nitrogen and oxygen atoms in total. The summed E-state index contributed by atoms with van der Waals surface area (Å²) >= 11 is 0. The smallest absolute Gasteiger partial charge is 0.277 e. The average molecular weight is 292 g/mol. The fraction of sp³-hybridized carbons (Fsp3) is 0.571. The van der Waals surface area contributed by atoms with Crippen LogP contribution in [0.1, 0.15) is 37.9 Å². The second kappa shape index (κ2) is 5.31. The molecule has 0 unspecified atom stereocenters. The Hall–Kier alpha value is -2.18. The van der Waals surface area contributed by atoms with E-state index in [0.717, 1.165) is 16.2 Å². The van der Waals surface area contributed by atoms with Gasteiger partial charge in [0.25, 0.3) is 0 Å². The largest absolute Gasteiger partial charge is 0.331 e. The van der Waals surface area contributed by atoms with E-state index in [9.17, 15) is 14.4 Å². The predicted molar refractivity (Wildman–Crippen MR) is 75.0 cm³/mol. The molecule has 0 saturated carbocycles. The number of nitrogens with one attached hydrogen (secondary N) is 1. The van der Waals surface area contributed by atoms with Crippen LogP contribution in [-0.2, 0) is 23.2 Å². The highest BCUT2D eigenvalue weighted by molar-refractivity contribution is 6.19. The van der Waals surface area contributed by atoms with E-state index in [4.69, 9.17) is 0 Å². The molecule has 1 aliphatic rings. The number of aromatic nitrogens is 2. The summed E-state index contributed by atoms with van der Waals surface area (Å²) in [7, 11) is 1.78. The van der Waals surface area contributed by atoms with Gasteiger partial charge in [-0.3, -0.25) is 24.5 Å². The van der Waals surface area contributed by atoms with E-state index in [1.165, 1.54) is 0 Å². The summed E-state index contributed by atoms with van der Waals surface area (Å²) < 4.78 is 1.63. The highest BCUT2D eigenvalue weighted by Gasteiger charge is 2.51. The Morgan fingerprint density at radius 3 is 2.33 bits per heavy atom. The van der Waals surface area contributed by atoms with Gasteiger partial charge in [0, 0.05) is 18.8 Å². The molecule has 2 rings (SSSR count). The van der Waals surface area contributed by atoms with Gasteiger partial charge in [-0.15, -0.1) is 0 Å². The van der Waals surface area contributed by atoms with Crippen molar-refractivity contribution in [2.24, 2.45) is 12.5 Å². The molecule has 114 valence electrons. The van der Waals surface area contributed by atoms with E-state index in [1.54, 1.807) is 31.8 Å². The Morgan fingerprint density at radius 2 is 1.86 bits per heavy atom. The Morgan fingerprint density at radius 1 is 1.24 bits per heavy atom. The molecule has 1 fully saturated rings. The van der Waals surface area contributed by atoms with Crippen molar-refractivity contribution in [2.45, 2.75) is 40.2 Å². The van der Waals surface area contributed by atoms with Crippen LogP contribution < -0.4 is 5.32 Å². The van der Waals surface area contributed by atoms with Crippen molar-refractivity contribution in [3.63, 3.8) is 0 Å². The number of urea groups is 1. The predicted octanol–water partition coefficient (Wildman–Crippen LogP) is 1.11. The van der Waals surface area contributed by atoms with Crippen LogP contribution in [0.25, 0.3) is 0 Å². The van der Waals surface area contributed by atoms with Crippen molar-refractivity contribution in [3.05, 3.63) is 17.5 Å². The molecule has 2 heterocycles. The van der Waals surface area contributed by atoms with Crippen LogP contribution in [0.5, 0.6) is 0 Å². The second-order valence-electron chi connectivity index (χ2n) is 5.35. The topological polar surface area (TPSA) is 84.3 Å². The zero-order valence-corrected chi connectivity index (χ0v) is 12.8. The fourth-order valence-corrected chi connectivity index (χ4v) is 2.72. The van der Waals surface area contributed by atoms with Gasteiger partial charge < -0.3 is 0 Å². The standard InChI is InChI=1S/C14H20N4O3/c1-5-14(6-2)11(19)15-13(21)18(12(14)20)8-10-7-17(4)16-9(10)3/h7H,5-6,8H2,1-4H3,(H,15,19,21). The lowest BCUT2D eigenvalue weighted by molar-refractivity contribution is -0.152. The maximum atomic E-state index is 12.7. The van der Waals surface area contributed by atoms with Gasteiger partial charge >= 0.3 is 6.03 Å². The molecule has 7 heteroatoms. The number of aryl methyl sites for hydroxylation is 2. The summed E-state index contributed by atoms with van der Waals surface area (Å²) in [5, 5.41) is 6.50. The van der Waals surface area contributed by atoms with Crippen molar-refractivity contribution in [1.82, 2.24) is 20.0 Å². The van der Waals surface area contributed by atoms with Crippen molar-refractivity contribution in [3.8, 4) is 0 Å². The molecule has 1 saturated heterocycles. The number of hydrogen-bond donors (Lipinski definition) is 1. The lowest BCUT2D eigenvalue weighted by Gasteiger charge is -2.38. The van der Waals surface area contributed by atoms with Gasteiger partial charge in [0.15, 0.2) is 0 Å². The first-order chi connectivity index (χ1) is 9.85. The summed E-state index contributed by atoms with van der Waals surface area (Å²) in [6.45, 7) is 5.51. The zero-order chi connectivity index (χ0) is 15.8. The van der Waals surface area contributed by atoms with Crippen LogP contribution in [0, 0.1) is 12.3 Å². The molecule has 4 amide bonds. The van der Waals surface area contributed by atoms with Gasteiger partial charge in [-0.25, -0.2) is 4.79 Å². The number of barbiturate groups is 1. The highest BCUT2D eigenvalue weighted by Crippen LogP contribution is 2.33. The quantitative estimate of drug-likeness (QED) is 0.843. The van der Waals surface area contributed by atoms with Crippen LogP contribution in [0.15, 0.2) is 6.20 Å². The van der Waals surface area contributed by atoms with Crippen molar-refractivity contribution < 1.29 is 14.4 Å². The lowest BCUT2D eigenvalue weighted by atomic mass is 9.78. The van der Waals surface area contributed by atoms with Gasteiger partial charge in [-0.2, -0.15) is 5.10 Å². The second-order valence-corrected chi connectivity index (χ2v) is 5.35. The molecule has 21 heavy (non-hydrogen) atoms. The van der Waals surface area contributed by atoms with E-state index in [-0.39, 0.29) is 6.54 Å². The number of amides is 4. The molecule has 0 spiro atoms. The lowest BCUT2D eigenvalue weighted by Crippen LogP contribution is -2.63. The first-order valence-corrected chi connectivity index (χ1v) is 7.02. The van der Waals surface area contributed by atoms with E-state index < -0.39 is 23.3 Å². The van der Waals surface area contributed by atoms with E-state index in [0.29, 0.717) is 12.8 Å². The molecular weight excluding hydrogens is 272 g/mol. The molecule has 0 aromatic carbocycles. The number of imide groups is 2. The number of carbonyl (C=O) groups is 3. The molecule has 1 aromatic heterocycles. The highest BCUT2D eigenvalue weighted by atomic mass is 16.2. The Bertz CT molecular complexity index is 601. The van der Waals surface area contributed by atoms with E-state index >= 15 is 0 Å². The summed E-state index contributed by atoms with van der Waals surface area (Å²) in [6.07, 6.45) is 2.50. The fourth-order valence-electron chi connectivity index (χ4n) is 2.72. The van der Waals surface area contributed by atoms with Crippen LogP contribution in [0.2, 0.25) is 0 Å². The molecule has 1 aromatic rings. The first kappa shape index (κ1) is 15.2. The molecule has 1 N–H and O–H groups in total. The van der Waals surface area contributed by atoms with E-state index in [2.05, 4.69) is 10.4 Å². The Labute approximate surface area is 123 Å². The summed E-state index contributed by atoms with van der Waals surface area (Å²) in [5.74, 6) is -0.925. The van der Waals surface area contributed by atoms with Gasteiger partial charge in [0.2, 0.25) is 11.8 Å². The average Bonchev–Trinajstić information content (AvgIpc) is 2.74. The summed E-state index contributed by atoms with van der Waals surface area (Å²) in [4.78, 5) is 37.9. The number of carbonyl (C=O) groups excluding carboxylic acids is 3. The first-order valence-electron chi connectivity index (χ1n) is 7.02. The van der Waals surface area contributed by atoms with Crippen LogP contribution >= 0.6 is 0 Å². The Kier molecular flexibility index (Phi) is 3.85. The molecule has 0 radical (unpaired) electrons. The van der Waals surface area contributed by atoms with Crippen molar-refractivity contribution >= 4 is 17.8 Å². The third-order valence-electron chi connectivity index (χ3n) is 4.21. The number of rotatable bonds is 4. The monoisotopic (exact) mass is 292 g/mol.